The molecule has 10 heteroatoms. The quantitative estimate of drug-likeness (QED) is 0.136. The fourth-order valence-corrected chi connectivity index (χ4v) is 6.35. The number of hydrogen-bond donors (Lipinski definition) is 2. The number of carbonyl (C=O) groups is 4. The van der Waals surface area contributed by atoms with Crippen LogP contribution in [0.25, 0.3) is 0 Å². The van der Waals surface area contributed by atoms with E-state index < -0.39 is 0 Å². The maximum absolute atomic E-state index is 12.3. The van der Waals surface area contributed by atoms with Crippen LogP contribution >= 0.6 is 0 Å². The van der Waals surface area contributed by atoms with Gasteiger partial charge in [-0.25, -0.2) is 19.2 Å². The van der Waals surface area contributed by atoms with Crippen molar-refractivity contribution in [1.29, 1.82) is 0 Å². The third-order valence-electron chi connectivity index (χ3n) is 9.47. The van der Waals surface area contributed by atoms with Crippen LogP contribution in [-0.2, 0) is 28.5 Å². The number of rotatable bonds is 14. The van der Waals surface area contributed by atoms with Crippen molar-refractivity contribution in [2.75, 3.05) is 39.5 Å². The lowest BCUT2D eigenvalue weighted by Gasteiger charge is -2.29. The number of amides is 2. The molecule has 3 aliphatic carbocycles. The van der Waals surface area contributed by atoms with Crippen molar-refractivity contribution in [1.82, 2.24) is 10.6 Å². The molecule has 3 rings (SSSR count). The summed E-state index contributed by atoms with van der Waals surface area (Å²) in [7, 11) is 0. The van der Waals surface area contributed by atoms with Gasteiger partial charge in [0.1, 0.15) is 0 Å². The first-order chi connectivity index (χ1) is 21.1. The molecule has 0 unspecified atom stereocenters. The van der Waals surface area contributed by atoms with Gasteiger partial charge in [0.05, 0.1) is 26.4 Å². The molecule has 0 aliphatic heterocycles. The molecule has 2 N–H and O–H groups in total. The standard InChI is InChI=1S/C34H54N2O8/c1-23(2)31(37)41-19-27-9-13-29(14-10-27)21-43-33(39)35-17-25-5-7-26(8-6-25)18-36-34(40)44-22-30-15-11-28(12-16-30)20-42-32(38)24(3)4/h25-30H,1,3,5-22H2,2,4H3,(H,35,39)(H,36,40). The van der Waals surface area contributed by atoms with Crippen molar-refractivity contribution >= 4 is 24.1 Å². The molecule has 44 heavy (non-hydrogen) atoms. The maximum Gasteiger partial charge on any atom is 0.407 e. The summed E-state index contributed by atoms with van der Waals surface area (Å²) < 4.78 is 21.5. The lowest BCUT2D eigenvalue weighted by atomic mass is 9.82. The lowest BCUT2D eigenvalue weighted by Crippen LogP contribution is -2.36. The van der Waals surface area contributed by atoms with Gasteiger partial charge in [-0.05, 0) is 126 Å². The molecule has 0 bridgehead atoms. The zero-order valence-electron chi connectivity index (χ0n) is 26.9. The Balaban J connectivity index is 1.16. The van der Waals surface area contributed by atoms with Gasteiger partial charge in [0.2, 0.25) is 0 Å². The Morgan fingerprint density at radius 1 is 0.477 bits per heavy atom. The minimum atomic E-state index is -0.353. The summed E-state index contributed by atoms with van der Waals surface area (Å²) in [4.78, 5) is 47.7. The Labute approximate surface area is 263 Å². The van der Waals surface area contributed by atoms with E-state index in [1.54, 1.807) is 13.8 Å². The highest BCUT2D eigenvalue weighted by molar-refractivity contribution is 5.87. The van der Waals surface area contributed by atoms with Gasteiger partial charge in [0.15, 0.2) is 0 Å². The summed E-state index contributed by atoms with van der Waals surface area (Å²) in [5, 5.41) is 5.87. The van der Waals surface area contributed by atoms with Gasteiger partial charge < -0.3 is 29.6 Å². The van der Waals surface area contributed by atoms with Gasteiger partial charge >= 0.3 is 24.1 Å². The fraction of sp³-hybridized carbons (Fsp3) is 0.765. The largest absolute Gasteiger partial charge is 0.462 e. The van der Waals surface area contributed by atoms with Crippen molar-refractivity contribution in [3.63, 3.8) is 0 Å². The summed E-state index contributed by atoms with van der Waals surface area (Å²) in [5.74, 6) is 1.60. The first kappa shape index (κ1) is 35.4. The van der Waals surface area contributed by atoms with E-state index in [0.29, 0.717) is 86.2 Å². The van der Waals surface area contributed by atoms with Crippen LogP contribution in [0.2, 0.25) is 0 Å². The third kappa shape index (κ3) is 13.3. The van der Waals surface area contributed by atoms with Crippen molar-refractivity contribution < 1.29 is 38.1 Å². The second kappa shape index (κ2) is 18.7. The van der Waals surface area contributed by atoms with E-state index in [1.807, 2.05) is 0 Å². The Bertz CT molecular complexity index is 896. The minimum absolute atomic E-state index is 0.332. The van der Waals surface area contributed by atoms with Crippen molar-refractivity contribution in [2.45, 2.75) is 90.9 Å². The molecule has 0 atom stereocenters. The smallest absolute Gasteiger partial charge is 0.407 e. The predicted octanol–water partition coefficient (Wildman–Crippen LogP) is 6.10. The molecule has 10 nitrogen and oxygen atoms in total. The summed E-state index contributed by atoms with van der Waals surface area (Å²) in [5.41, 5.74) is 0.842. The number of hydrogen-bond acceptors (Lipinski definition) is 8. The Kier molecular flexibility index (Phi) is 15.1. The highest BCUT2D eigenvalue weighted by atomic mass is 16.6. The molecule has 0 heterocycles. The molecular weight excluding hydrogens is 564 g/mol. The van der Waals surface area contributed by atoms with Crippen LogP contribution in [0.3, 0.4) is 0 Å². The SMILES string of the molecule is C=C(C)C(=O)OCC1CCC(COC(=O)NCC2CCC(CNC(=O)OCC3CCC(COC(=O)C(=C)C)CC3)CC2)CC1. The first-order valence-electron chi connectivity index (χ1n) is 16.6. The van der Waals surface area contributed by atoms with Gasteiger partial charge in [-0.1, -0.05) is 13.2 Å². The number of carbonyl (C=O) groups excluding carboxylic acids is 4. The summed E-state index contributed by atoms with van der Waals surface area (Å²) in [6, 6.07) is 0. The van der Waals surface area contributed by atoms with E-state index in [0.717, 1.165) is 77.0 Å². The summed E-state index contributed by atoms with van der Waals surface area (Å²) in [6.07, 6.45) is 11.0. The van der Waals surface area contributed by atoms with Crippen molar-refractivity contribution in [2.24, 2.45) is 35.5 Å². The summed E-state index contributed by atoms with van der Waals surface area (Å²) >= 11 is 0. The van der Waals surface area contributed by atoms with E-state index in [-0.39, 0.29) is 24.1 Å². The Hall–Kier alpha value is -3.04. The molecule has 248 valence electrons. The van der Waals surface area contributed by atoms with E-state index in [2.05, 4.69) is 23.8 Å². The van der Waals surface area contributed by atoms with Crippen LogP contribution in [0.5, 0.6) is 0 Å². The molecule has 0 aromatic heterocycles. The van der Waals surface area contributed by atoms with Crippen LogP contribution in [-0.4, -0.2) is 63.6 Å². The molecular formula is C34H54N2O8. The van der Waals surface area contributed by atoms with Gasteiger partial charge in [-0.3, -0.25) is 0 Å². The number of ether oxygens (including phenoxy) is 4. The number of alkyl carbamates (subject to hydrolysis) is 2. The zero-order valence-corrected chi connectivity index (χ0v) is 26.9. The maximum atomic E-state index is 12.3. The average Bonchev–Trinajstić information content (AvgIpc) is 3.03. The minimum Gasteiger partial charge on any atom is -0.462 e. The normalized spacial score (nSPS) is 26.9. The van der Waals surface area contributed by atoms with Gasteiger partial charge in [0.25, 0.3) is 0 Å². The van der Waals surface area contributed by atoms with E-state index >= 15 is 0 Å². The Morgan fingerprint density at radius 3 is 1.00 bits per heavy atom. The molecule has 0 aromatic rings. The molecule has 0 radical (unpaired) electrons. The average molecular weight is 619 g/mol. The van der Waals surface area contributed by atoms with E-state index in [9.17, 15) is 19.2 Å². The first-order valence-corrected chi connectivity index (χ1v) is 16.6. The predicted molar refractivity (Wildman–Crippen MR) is 167 cm³/mol. The van der Waals surface area contributed by atoms with Crippen LogP contribution in [0.1, 0.15) is 90.9 Å². The van der Waals surface area contributed by atoms with Gasteiger partial charge in [-0.2, -0.15) is 0 Å². The Morgan fingerprint density at radius 2 is 0.727 bits per heavy atom. The molecule has 3 fully saturated rings. The molecule has 2 amide bonds. The van der Waals surface area contributed by atoms with E-state index in [4.69, 9.17) is 18.9 Å². The second-order valence-corrected chi connectivity index (χ2v) is 13.4. The molecule has 0 spiro atoms. The van der Waals surface area contributed by atoms with Crippen molar-refractivity contribution in [3.05, 3.63) is 24.3 Å². The fourth-order valence-electron chi connectivity index (χ4n) is 6.35. The molecule has 0 saturated heterocycles. The van der Waals surface area contributed by atoms with Crippen LogP contribution in [0.4, 0.5) is 9.59 Å². The monoisotopic (exact) mass is 618 g/mol. The number of nitrogens with one attached hydrogen (secondary N) is 2. The molecule has 3 aliphatic rings. The van der Waals surface area contributed by atoms with Crippen LogP contribution in [0.15, 0.2) is 24.3 Å². The number of esters is 2. The zero-order chi connectivity index (χ0) is 31.9. The molecule has 0 aromatic carbocycles. The highest BCUT2D eigenvalue weighted by Gasteiger charge is 2.26. The second-order valence-electron chi connectivity index (χ2n) is 13.4. The van der Waals surface area contributed by atoms with Gasteiger partial charge in [0, 0.05) is 24.2 Å². The van der Waals surface area contributed by atoms with Gasteiger partial charge in [-0.15, -0.1) is 0 Å². The highest BCUT2D eigenvalue weighted by Crippen LogP contribution is 2.31. The van der Waals surface area contributed by atoms with E-state index in [1.165, 1.54) is 0 Å². The molecule has 3 saturated carbocycles. The summed E-state index contributed by atoms with van der Waals surface area (Å²) in [6.45, 7) is 13.4. The van der Waals surface area contributed by atoms with Crippen molar-refractivity contribution in [3.8, 4) is 0 Å². The van der Waals surface area contributed by atoms with Crippen LogP contribution < -0.4 is 10.6 Å². The topological polar surface area (TPSA) is 129 Å². The lowest BCUT2D eigenvalue weighted by molar-refractivity contribution is -0.141. The van der Waals surface area contributed by atoms with Crippen LogP contribution in [0, 0.1) is 35.5 Å². The third-order valence-corrected chi connectivity index (χ3v) is 9.47.